The largest absolute Gasteiger partial charge is 0.388 e. The monoisotopic (exact) mass is 301 g/mol. The Balaban J connectivity index is 2.62. The fourth-order valence-corrected chi connectivity index (χ4v) is 1.65. The zero-order valence-electron chi connectivity index (χ0n) is 10.9. The first kappa shape index (κ1) is 16.0. The molecule has 1 aromatic rings. The van der Waals surface area contributed by atoms with E-state index in [1.165, 1.54) is 6.08 Å². The first-order valence-corrected chi connectivity index (χ1v) is 6.73. The average Bonchev–Trinajstić information content (AvgIpc) is 2.38. The molecular formula is C14H17Cl2NO2. The molecule has 0 radical (unpaired) electrons. The van der Waals surface area contributed by atoms with Crippen molar-refractivity contribution in [2.75, 3.05) is 6.54 Å². The number of hydrogen-bond donors (Lipinski definition) is 2. The number of hydrogen-bond acceptors (Lipinski definition) is 2. The van der Waals surface area contributed by atoms with Gasteiger partial charge in [0.2, 0.25) is 5.91 Å². The zero-order chi connectivity index (χ0) is 14.5. The molecule has 0 saturated carbocycles. The van der Waals surface area contributed by atoms with E-state index in [1.54, 1.807) is 31.2 Å². The number of carbonyl (C=O) groups is 1. The Morgan fingerprint density at radius 2 is 2.16 bits per heavy atom. The van der Waals surface area contributed by atoms with E-state index in [-0.39, 0.29) is 12.5 Å². The topological polar surface area (TPSA) is 49.3 Å². The Bertz CT molecular complexity index is 484. The molecule has 0 heterocycles. The van der Waals surface area contributed by atoms with E-state index in [9.17, 15) is 9.90 Å². The summed E-state index contributed by atoms with van der Waals surface area (Å²) in [7, 11) is 0. The number of nitrogens with one attached hydrogen (secondary N) is 1. The Hall–Kier alpha value is -1.03. The van der Waals surface area contributed by atoms with E-state index in [1.807, 2.05) is 6.92 Å². The van der Waals surface area contributed by atoms with Crippen LogP contribution in [0.15, 0.2) is 24.3 Å². The van der Waals surface area contributed by atoms with Crippen molar-refractivity contribution in [1.29, 1.82) is 0 Å². The van der Waals surface area contributed by atoms with Crippen LogP contribution in [0.1, 0.15) is 25.8 Å². The van der Waals surface area contributed by atoms with E-state index < -0.39 is 5.60 Å². The highest BCUT2D eigenvalue weighted by Crippen LogP contribution is 2.26. The van der Waals surface area contributed by atoms with Gasteiger partial charge in [-0.05, 0) is 31.1 Å². The van der Waals surface area contributed by atoms with Crippen LogP contribution in [0.2, 0.25) is 10.0 Å². The third-order valence-corrected chi connectivity index (χ3v) is 3.63. The average molecular weight is 302 g/mol. The summed E-state index contributed by atoms with van der Waals surface area (Å²) < 4.78 is 0. The van der Waals surface area contributed by atoms with Crippen molar-refractivity contribution in [1.82, 2.24) is 5.32 Å². The summed E-state index contributed by atoms with van der Waals surface area (Å²) in [6, 6.07) is 5.20. The van der Waals surface area contributed by atoms with Crippen molar-refractivity contribution >= 4 is 35.2 Å². The minimum Gasteiger partial charge on any atom is -0.388 e. The second-order valence-electron chi connectivity index (χ2n) is 4.54. The molecule has 0 aliphatic carbocycles. The summed E-state index contributed by atoms with van der Waals surface area (Å²) in [5, 5.41) is 13.2. The van der Waals surface area contributed by atoms with Gasteiger partial charge in [-0.3, -0.25) is 4.79 Å². The molecule has 1 aromatic carbocycles. The third kappa shape index (κ3) is 5.23. The van der Waals surface area contributed by atoms with Crippen molar-refractivity contribution in [2.24, 2.45) is 0 Å². The lowest BCUT2D eigenvalue weighted by Crippen LogP contribution is -2.39. The highest BCUT2D eigenvalue weighted by molar-refractivity contribution is 6.42. The van der Waals surface area contributed by atoms with Crippen molar-refractivity contribution in [3.8, 4) is 0 Å². The van der Waals surface area contributed by atoms with Crippen molar-refractivity contribution < 1.29 is 9.90 Å². The van der Waals surface area contributed by atoms with Crippen LogP contribution >= 0.6 is 23.2 Å². The summed E-state index contributed by atoms with van der Waals surface area (Å²) in [5.74, 6) is -0.287. The smallest absolute Gasteiger partial charge is 0.244 e. The quantitative estimate of drug-likeness (QED) is 0.820. The predicted octanol–water partition coefficient (Wildman–Crippen LogP) is 3.28. The summed E-state index contributed by atoms with van der Waals surface area (Å²) >= 11 is 11.9. The molecule has 0 aliphatic rings. The molecule has 0 fully saturated rings. The van der Waals surface area contributed by atoms with Gasteiger partial charge in [0.15, 0.2) is 0 Å². The molecule has 5 heteroatoms. The van der Waals surface area contributed by atoms with Crippen LogP contribution in [0, 0.1) is 0 Å². The SMILES string of the molecule is CCC(C)(O)CNC(=O)C=Cc1cccc(Cl)c1Cl. The number of aliphatic hydroxyl groups is 1. The molecular weight excluding hydrogens is 285 g/mol. The molecule has 1 atom stereocenters. The van der Waals surface area contributed by atoms with Gasteiger partial charge in [0.1, 0.15) is 0 Å². The minimum atomic E-state index is -0.892. The predicted molar refractivity (Wildman–Crippen MR) is 79.4 cm³/mol. The molecule has 104 valence electrons. The molecule has 3 nitrogen and oxygen atoms in total. The molecule has 1 unspecified atom stereocenters. The van der Waals surface area contributed by atoms with Gasteiger partial charge in [-0.1, -0.05) is 42.3 Å². The first-order chi connectivity index (χ1) is 8.85. The maximum absolute atomic E-state index is 11.6. The molecule has 0 aliphatic heterocycles. The minimum absolute atomic E-state index is 0.204. The Kier molecular flexibility index (Phi) is 5.85. The van der Waals surface area contributed by atoms with Gasteiger partial charge in [-0.15, -0.1) is 0 Å². The van der Waals surface area contributed by atoms with Gasteiger partial charge in [0.25, 0.3) is 0 Å². The van der Waals surface area contributed by atoms with Crippen LogP contribution in [-0.2, 0) is 4.79 Å². The van der Waals surface area contributed by atoms with Crippen LogP contribution in [0.25, 0.3) is 6.08 Å². The van der Waals surface area contributed by atoms with E-state index >= 15 is 0 Å². The van der Waals surface area contributed by atoms with Crippen LogP contribution < -0.4 is 5.32 Å². The maximum atomic E-state index is 11.6. The molecule has 1 amide bonds. The van der Waals surface area contributed by atoms with Gasteiger partial charge in [-0.25, -0.2) is 0 Å². The van der Waals surface area contributed by atoms with Crippen LogP contribution in [0.3, 0.4) is 0 Å². The van der Waals surface area contributed by atoms with Gasteiger partial charge in [0.05, 0.1) is 15.6 Å². The molecule has 0 aromatic heterocycles. The zero-order valence-corrected chi connectivity index (χ0v) is 12.4. The number of halogens is 2. The van der Waals surface area contributed by atoms with Crippen LogP contribution in [0.5, 0.6) is 0 Å². The van der Waals surface area contributed by atoms with Gasteiger partial charge in [0, 0.05) is 12.6 Å². The standard InChI is InChI=1S/C14H17Cl2NO2/c1-3-14(2,19)9-17-12(18)8-7-10-5-4-6-11(15)13(10)16/h4-8,19H,3,9H2,1-2H3,(H,17,18). The van der Waals surface area contributed by atoms with Crippen molar-refractivity contribution in [3.63, 3.8) is 0 Å². The van der Waals surface area contributed by atoms with E-state index in [4.69, 9.17) is 23.2 Å². The molecule has 1 rings (SSSR count). The van der Waals surface area contributed by atoms with Gasteiger partial charge in [-0.2, -0.15) is 0 Å². The lowest BCUT2D eigenvalue weighted by Gasteiger charge is -2.20. The number of benzene rings is 1. The fourth-order valence-electron chi connectivity index (χ4n) is 1.28. The van der Waals surface area contributed by atoms with Crippen molar-refractivity contribution in [3.05, 3.63) is 39.9 Å². The summed E-state index contributed by atoms with van der Waals surface area (Å²) in [5.41, 5.74) is -0.219. The highest BCUT2D eigenvalue weighted by atomic mass is 35.5. The Labute approximate surface area is 123 Å². The van der Waals surface area contributed by atoms with Crippen LogP contribution in [-0.4, -0.2) is 23.2 Å². The van der Waals surface area contributed by atoms with E-state index in [2.05, 4.69) is 5.32 Å². The van der Waals surface area contributed by atoms with Crippen molar-refractivity contribution in [2.45, 2.75) is 25.9 Å². The maximum Gasteiger partial charge on any atom is 0.244 e. The number of rotatable bonds is 5. The second kappa shape index (κ2) is 6.94. The second-order valence-corrected chi connectivity index (χ2v) is 5.33. The van der Waals surface area contributed by atoms with Crippen LogP contribution in [0.4, 0.5) is 0 Å². The lowest BCUT2D eigenvalue weighted by atomic mass is 10.0. The Morgan fingerprint density at radius 1 is 1.47 bits per heavy atom. The number of amides is 1. The summed E-state index contributed by atoms with van der Waals surface area (Å²) in [6.07, 6.45) is 3.52. The fraction of sp³-hybridized carbons (Fsp3) is 0.357. The molecule has 0 saturated heterocycles. The highest BCUT2D eigenvalue weighted by Gasteiger charge is 2.17. The summed E-state index contributed by atoms with van der Waals surface area (Å²) in [6.45, 7) is 3.73. The normalized spacial score (nSPS) is 14.4. The molecule has 0 bridgehead atoms. The third-order valence-electron chi connectivity index (χ3n) is 2.80. The van der Waals surface area contributed by atoms with E-state index in [0.29, 0.717) is 22.0 Å². The Morgan fingerprint density at radius 3 is 2.79 bits per heavy atom. The summed E-state index contributed by atoms with van der Waals surface area (Å²) in [4.78, 5) is 11.6. The molecule has 0 spiro atoms. The molecule has 19 heavy (non-hydrogen) atoms. The molecule has 2 N–H and O–H groups in total. The first-order valence-electron chi connectivity index (χ1n) is 5.98. The van der Waals surface area contributed by atoms with Gasteiger partial charge >= 0.3 is 0 Å². The lowest BCUT2D eigenvalue weighted by molar-refractivity contribution is -0.117. The van der Waals surface area contributed by atoms with E-state index in [0.717, 1.165) is 0 Å². The van der Waals surface area contributed by atoms with Gasteiger partial charge < -0.3 is 10.4 Å². The number of carbonyl (C=O) groups excluding carboxylic acids is 1.